The van der Waals surface area contributed by atoms with Crippen molar-refractivity contribution >= 4 is 11.6 Å². The van der Waals surface area contributed by atoms with E-state index >= 15 is 0 Å². The third-order valence-electron chi connectivity index (χ3n) is 4.38. The average molecular weight is 439 g/mol. The Morgan fingerprint density at radius 2 is 1.81 bits per heavy atom. The maximum absolute atomic E-state index is 13.1. The smallest absolute Gasteiger partial charge is 0.417 e. The Bertz CT molecular complexity index is 1240. The van der Waals surface area contributed by atoms with Gasteiger partial charge in [-0.1, -0.05) is 12.1 Å². The van der Waals surface area contributed by atoms with Crippen LogP contribution >= 0.6 is 0 Å². The van der Waals surface area contributed by atoms with Crippen molar-refractivity contribution in [2.24, 2.45) is 0 Å². The Labute approximate surface area is 180 Å². The summed E-state index contributed by atoms with van der Waals surface area (Å²) in [5, 5.41) is 2.47. The lowest BCUT2D eigenvalue weighted by atomic mass is 10.1. The molecule has 7 nitrogen and oxygen atoms in total. The van der Waals surface area contributed by atoms with E-state index in [1.165, 1.54) is 24.3 Å². The zero-order valence-corrected chi connectivity index (χ0v) is 16.7. The maximum Gasteiger partial charge on any atom is 0.417 e. The molecule has 2 heterocycles. The Balaban J connectivity index is 1.49. The number of nitrogens with one attached hydrogen (secondary N) is 1. The van der Waals surface area contributed by atoms with Crippen molar-refractivity contribution in [1.82, 2.24) is 19.5 Å². The summed E-state index contributed by atoms with van der Waals surface area (Å²) in [6.45, 7) is 1.73. The second-order valence-corrected chi connectivity index (χ2v) is 6.71. The molecule has 4 aromatic rings. The zero-order chi connectivity index (χ0) is 22.7. The molecule has 4 rings (SSSR count). The Morgan fingerprint density at radius 1 is 1.06 bits per heavy atom. The minimum Gasteiger partial charge on any atom is -0.439 e. The molecule has 162 valence electrons. The highest BCUT2D eigenvalue weighted by molar-refractivity contribution is 6.05. The van der Waals surface area contributed by atoms with Crippen molar-refractivity contribution in [2.45, 2.75) is 13.1 Å². The van der Waals surface area contributed by atoms with Crippen LogP contribution in [-0.2, 0) is 6.18 Å². The van der Waals surface area contributed by atoms with Gasteiger partial charge in [-0.2, -0.15) is 18.2 Å². The number of aryl methyl sites for hydroxylation is 1. The van der Waals surface area contributed by atoms with Gasteiger partial charge < -0.3 is 10.1 Å². The van der Waals surface area contributed by atoms with E-state index in [1.54, 1.807) is 48.4 Å². The number of imidazole rings is 1. The highest BCUT2D eigenvalue weighted by atomic mass is 19.4. The van der Waals surface area contributed by atoms with Crippen molar-refractivity contribution < 1.29 is 22.7 Å². The molecule has 0 spiro atoms. The number of alkyl halides is 3. The molecule has 0 radical (unpaired) electrons. The van der Waals surface area contributed by atoms with Gasteiger partial charge in [0.2, 0.25) is 5.88 Å². The van der Waals surface area contributed by atoms with Crippen molar-refractivity contribution in [3.63, 3.8) is 0 Å². The number of halogens is 3. The van der Waals surface area contributed by atoms with Crippen molar-refractivity contribution in [2.75, 3.05) is 5.32 Å². The number of amides is 1. The predicted molar refractivity (Wildman–Crippen MR) is 110 cm³/mol. The van der Waals surface area contributed by atoms with Crippen LogP contribution in [0.2, 0.25) is 0 Å². The first-order valence-corrected chi connectivity index (χ1v) is 9.39. The van der Waals surface area contributed by atoms with Crippen LogP contribution in [0.15, 0.2) is 73.3 Å². The first-order chi connectivity index (χ1) is 15.3. The van der Waals surface area contributed by atoms with Crippen LogP contribution in [0.3, 0.4) is 0 Å². The number of rotatable bonds is 5. The summed E-state index contributed by atoms with van der Waals surface area (Å²) in [6.07, 6.45) is 0.328. The monoisotopic (exact) mass is 439 g/mol. The molecule has 2 aromatic heterocycles. The van der Waals surface area contributed by atoms with Crippen LogP contribution in [0.5, 0.6) is 11.6 Å². The number of anilines is 1. The van der Waals surface area contributed by atoms with Gasteiger partial charge in [0.15, 0.2) is 0 Å². The Kier molecular flexibility index (Phi) is 5.59. The molecule has 0 bridgehead atoms. The topological polar surface area (TPSA) is 81.9 Å². The first kappa shape index (κ1) is 21.0. The quantitative estimate of drug-likeness (QED) is 0.472. The van der Waals surface area contributed by atoms with E-state index in [0.717, 1.165) is 12.1 Å². The molecule has 2 aromatic carbocycles. The minimum atomic E-state index is -4.63. The fourth-order valence-corrected chi connectivity index (χ4v) is 2.96. The summed E-state index contributed by atoms with van der Waals surface area (Å²) in [5.41, 5.74) is -1.13. The first-order valence-electron chi connectivity index (χ1n) is 9.39. The number of benzene rings is 2. The number of ether oxygens (including phenoxy) is 1. The molecule has 0 aliphatic heterocycles. The molecule has 1 amide bonds. The molecule has 0 aliphatic rings. The number of aromatic nitrogens is 4. The summed E-state index contributed by atoms with van der Waals surface area (Å²) in [6, 6.07) is 12.4. The lowest BCUT2D eigenvalue weighted by molar-refractivity contribution is -0.137. The number of hydrogen-bond acceptors (Lipinski definition) is 5. The van der Waals surface area contributed by atoms with Crippen LogP contribution in [0, 0.1) is 6.92 Å². The Hall–Kier alpha value is -4.21. The van der Waals surface area contributed by atoms with Gasteiger partial charge in [0, 0.05) is 24.1 Å². The van der Waals surface area contributed by atoms with Gasteiger partial charge in [-0.05, 0) is 43.3 Å². The average Bonchev–Trinajstić information content (AvgIpc) is 3.29. The molecule has 0 saturated heterocycles. The van der Waals surface area contributed by atoms with E-state index in [9.17, 15) is 18.0 Å². The summed E-state index contributed by atoms with van der Waals surface area (Å²) >= 11 is 0. The SMILES string of the molecule is Cc1nc(Oc2ccc(NC(=O)c3ccccc3C(F)(F)F)cc2)cc(-n2ccnc2)n1. The van der Waals surface area contributed by atoms with Gasteiger partial charge >= 0.3 is 6.18 Å². The number of hydrogen-bond donors (Lipinski definition) is 1. The highest BCUT2D eigenvalue weighted by Gasteiger charge is 2.34. The maximum atomic E-state index is 13.1. The number of carbonyl (C=O) groups excluding carboxylic acids is 1. The standard InChI is InChI=1S/C22H16F3N5O2/c1-14-27-19(30-11-10-26-13-30)12-20(28-14)32-16-8-6-15(7-9-16)29-21(31)17-4-2-3-5-18(17)22(23,24)25/h2-13H,1H3,(H,29,31). The fourth-order valence-electron chi connectivity index (χ4n) is 2.96. The number of carbonyl (C=O) groups is 1. The van der Waals surface area contributed by atoms with Crippen molar-refractivity contribution in [3.8, 4) is 17.4 Å². The summed E-state index contributed by atoms with van der Waals surface area (Å²) < 4.78 is 46.9. The second-order valence-electron chi connectivity index (χ2n) is 6.71. The van der Waals surface area contributed by atoms with Gasteiger partial charge in [0.25, 0.3) is 5.91 Å². The minimum absolute atomic E-state index is 0.303. The third kappa shape index (κ3) is 4.75. The summed E-state index contributed by atoms with van der Waals surface area (Å²) in [4.78, 5) is 24.9. The van der Waals surface area contributed by atoms with Crippen molar-refractivity contribution in [1.29, 1.82) is 0 Å². The third-order valence-corrected chi connectivity index (χ3v) is 4.38. The molecule has 0 fully saturated rings. The van der Waals surface area contributed by atoms with E-state index in [2.05, 4.69) is 20.3 Å². The van der Waals surface area contributed by atoms with E-state index in [-0.39, 0.29) is 0 Å². The molecule has 0 saturated carbocycles. The highest BCUT2D eigenvalue weighted by Crippen LogP contribution is 2.32. The lowest BCUT2D eigenvalue weighted by Gasteiger charge is -2.13. The fraction of sp³-hybridized carbons (Fsp3) is 0.0909. The van der Waals surface area contributed by atoms with Gasteiger partial charge in [0.05, 0.1) is 11.1 Å². The Morgan fingerprint density at radius 3 is 2.50 bits per heavy atom. The van der Waals surface area contributed by atoms with Crippen LogP contribution < -0.4 is 10.1 Å². The van der Waals surface area contributed by atoms with E-state index in [0.29, 0.717) is 29.0 Å². The van der Waals surface area contributed by atoms with E-state index in [1.807, 2.05) is 0 Å². The summed E-state index contributed by atoms with van der Waals surface area (Å²) in [7, 11) is 0. The van der Waals surface area contributed by atoms with Gasteiger partial charge in [-0.3, -0.25) is 9.36 Å². The van der Waals surface area contributed by atoms with Crippen molar-refractivity contribution in [3.05, 3.63) is 90.3 Å². The zero-order valence-electron chi connectivity index (χ0n) is 16.7. The van der Waals surface area contributed by atoms with E-state index in [4.69, 9.17) is 4.74 Å². The second kappa shape index (κ2) is 8.50. The van der Waals surface area contributed by atoms with Gasteiger partial charge in [-0.15, -0.1) is 0 Å². The number of nitrogens with zero attached hydrogens (tertiary/aromatic N) is 4. The van der Waals surface area contributed by atoms with Crippen LogP contribution in [-0.4, -0.2) is 25.4 Å². The molecule has 0 aliphatic carbocycles. The van der Waals surface area contributed by atoms with Crippen LogP contribution in [0.25, 0.3) is 5.82 Å². The predicted octanol–water partition coefficient (Wildman–Crippen LogP) is 5.03. The molecule has 10 heteroatoms. The van der Waals surface area contributed by atoms with Crippen LogP contribution in [0.4, 0.5) is 18.9 Å². The normalized spacial score (nSPS) is 11.2. The van der Waals surface area contributed by atoms with E-state index < -0.39 is 23.2 Å². The van der Waals surface area contributed by atoms with Crippen LogP contribution in [0.1, 0.15) is 21.7 Å². The van der Waals surface area contributed by atoms with Gasteiger partial charge in [0.1, 0.15) is 23.7 Å². The molecular weight excluding hydrogens is 423 g/mol. The van der Waals surface area contributed by atoms with Gasteiger partial charge in [-0.25, -0.2) is 9.97 Å². The molecule has 0 atom stereocenters. The molecular formula is C22H16F3N5O2. The largest absolute Gasteiger partial charge is 0.439 e. The molecule has 1 N–H and O–H groups in total. The molecule has 0 unspecified atom stereocenters. The summed E-state index contributed by atoms with van der Waals surface area (Å²) in [5.74, 6) is 0.948. The lowest BCUT2D eigenvalue weighted by Crippen LogP contribution is -2.18. The molecule has 32 heavy (non-hydrogen) atoms.